The third kappa shape index (κ3) is 5.75. The zero-order valence-corrected chi connectivity index (χ0v) is 15.7. The summed E-state index contributed by atoms with van der Waals surface area (Å²) in [5.41, 5.74) is -3.61. The van der Waals surface area contributed by atoms with E-state index in [1.54, 1.807) is 0 Å². The Morgan fingerprint density at radius 2 is 1.06 bits per heavy atom. The molecule has 0 radical (unpaired) electrons. The zero-order valence-electron chi connectivity index (χ0n) is 15.7. The van der Waals surface area contributed by atoms with Gasteiger partial charge in [0.2, 0.25) is 0 Å². The predicted molar refractivity (Wildman–Crippen MR) is 102 cm³/mol. The van der Waals surface area contributed by atoms with Crippen LogP contribution in [0.4, 0.5) is 22.7 Å². The van der Waals surface area contributed by atoms with Crippen LogP contribution in [0.3, 0.4) is 0 Å². The van der Waals surface area contributed by atoms with E-state index in [-0.39, 0.29) is 12.1 Å². The van der Waals surface area contributed by atoms with E-state index < -0.39 is 66.5 Å². The second kappa shape index (κ2) is 9.65. The normalized spacial score (nSPS) is 10.1. The van der Waals surface area contributed by atoms with Crippen molar-refractivity contribution < 1.29 is 34.0 Å². The van der Waals surface area contributed by atoms with Crippen molar-refractivity contribution in [2.45, 2.75) is 0 Å². The second-order valence-electron chi connectivity index (χ2n) is 5.90. The van der Waals surface area contributed by atoms with Crippen LogP contribution in [0.25, 0.3) is 0 Å². The number of rotatable bonds is 9. The van der Waals surface area contributed by atoms with Gasteiger partial charge >= 0.3 is 5.97 Å². The van der Waals surface area contributed by atoms with Gasteiger partial charge in [0.05, 0.1) is 49.5 Å². The summed E-state index contributed by atoms with van der Waals surface area (Å²) in [7, 11) is 0. The molecule has 0 unspecified atom stereocenters. The van der Waals surface area contributed by atoms with Gasteiger partial charge in [-0.3, -0.25) is 45.3 Å². The van der Waals surface area contributed by atoms with Crippen molar-refractivity contribution in [2.75, 3.05) is 13.2 Å². The summed E-state index contributed by atoms with van der Waals surface area (Å²) in [6.45, 7) is -0.809. The van der Waals surface area contributed by atoms with Gasteiger partial charge in [-0.05, 0) is 0 Å². The largest absolute Gasteiger partial charge is 0.460 e. The molecule has 2 aromatic rings. The average molecular weight is 449 g/mol. The number of benzene rings is 2. The molecule has 0 saturated carbocycles. The Bertz CT molecular complexity index is 993. The van der Waals surface area contributed by atoms with E-state index in [1.165, 1.54) is 0 Å². The van der Waals surface area contributed by atoms with Gasteiger partial charge < -0.3 is 10.1 Å². The molecule has 0 aliphatic carbocycles. The van der Waals surface area contributed by atoms with Crippen LogP contribution in [0.1, 0.15) is 20.7 Å². The van der Waals surface area contributed by atoms with Gasteiger partial charge in [0.25, 0.3) is 28.7 Å². The molecule has 1 N–H and O–H groups in total. The maximum absolute atomic E-state index is 12.1. The fourth-order valence-corrected chi connectivity index (χ4v) is 2.35. The topological polar surface area (TPSA) is 228 Å². The molecular formula is C16H11N5O11. The Labute approximate surface area is 176 Å². The van der Waals surface area contributed by atoms with E-state index in [9.17, 15) is 50.0 Å². The van der Waals surface area contributed by atoms with Gasteiger partial charge in [-0.25, -0.2) is 4.79 Å². The van der Waals surface area contributed by atoms with Crippen molar-refractivity contribution in [3.63, 3.8) is 0 Å². The van der Waals surface area contributed by atoms with Crippen LogP contribution in [-0.4, -0.2) is 44.7 Å². The molecule has 0 bridgehead atoms. The lowest BCUT2D eigenvalue weighted by molar-refractivity contribution is -0.394. The van der Waals surface area contributed by atoms with Crippen LogP contribution in [0.15, 0.2) is 36.4 Å². The van der Waals surface area contributed by atoms with Gasteiger partial charge in [-0.1, -0.05) is 0 Å². The van der Waals surface area contributed by atoms with Crippen molar-refractivity contribution in [2.24, 2.45) is 0 Å². The molecule has 0 fully saturated rings. The van der Waals surface area contributed by atoms with Crippen molar-refractivity contribution in [1.82, 2.24) is 5.32 Å². The predicted octanol–water partition coefficient (Wildman–Crippen LogP) is 1.91. The maximum atomic E-state index is 12.1. The highest BCUT2D eigenvalue weighted by atomic mass is 16.6. The van der Waals surface area contributed by atoms with Crippen LogP contribution >= 0.6 is 0 Å². The molecular weight excluding hydrogens is 438 g/mol. The molecule has 0 aliphatic rings. The molecule has 0 atom stereocenters. The van der Waals surface area contributed by atoms with E-state index >= 15 is 0 Å². The highest BCUT2D eigenvalue weighted by Crippen LogP contribution is 2.24. The summed E-state index contributed by atoms with van der Waals surface area (Å²) in [6, 6.07) is 4.52. The molecule has 16 heteroatoms. The summed E-state index contributed by atoms with van der Waals surface area (Å²) in [5, 5.41) is 45.6. The number of amides is 1. The summed E-state index contributed by atoms with van der Waals surface area (Å²) >= 11 is 0. The molecule has 1 amide bonds. The number of hydrogen-bond acceptors (Lipinski definition) is 11. The number of carbonyl (C=O) groups excluding carboxylic acids is 2. The van der Waals surface area contributed by atoms with E-state index in [1.807, 2.05) is 0 Å². The number of nitrogens with zero attached hydrogens (tertiary/aromatic N) is 4. The minimum atomic E-state index is -1.14. The first-order valence-electron chi connectivity index (χ1n) is 8.32. The molecule has 2 aromatic carbocycles. The minimum absolute atomic E-state index is 0.335. The molecule has 0 saturated heterocycles. The Balaban J connectivity index is 2.03. The average Bonchev–Trinajstić information content (AvgIpc) is 2.75. The van der Waals surface area contributed by atoms with Crippen molar-refractivity contribution in [3.05, 3.63) is 88.0 Å². The number of nitro groups is 4. The fourth-order valence-electron chi connectivity index (χ4n) is 2.35. The van der Waals surface area contributed by atoms with Gasteiger partial charge in [-0.15, -0.1) is 0 Å². The smallest absolute Gasteiger partial charge is 0.338 e. The Hall–Kier alpha value is -5.02. The van der Waals surface area contributed by atoms with Crippen LogP contribution < -0.4 is 5.32 Å². The number of ether oxygens (including phenoxy) is 1. The molecule has 32 heavy (non-hydrogen) atoms. The number of nitrogens with one attached hydrogen (secondary N) is 1. The molecule has 0 aliphatic heterocycles. The molecule has 16 nitrogen and oxygen atoms in total. The SMILES string of the molecule is O=C(NCCOC(=O)c1cc([N+](=O)[O-])cc([N+](=O)[O-])c1)c1cc([N+](=O)[O-])cc([N+](=O)[O-])c1. The molecule has 0 aromatic heterocycles. The monoisotopic (exact) mass is 449 g/mol. The molecule has 2 rings (SSSR count). The van der Waals surface area contributed by atoms with Crippen molar-refractivity contribution >= 4 is 34.6 Å². The quantitative estimate of drug-likeness (QED) is 0.251. The van der Waals surface area contributed by atoms with E-state index in [4.69, 9.17) is 4.74 Å². The molecule has 0 heterocycles. The Morgan fingerprint density at radius 3 is 1.44 bits per heavy atom. The number of non-ortho nitro benzene ring substituents is 4. The Kier molecular flexibility index (Phi) is 7.02. The maximum Gasteiger partial charge on any atom is 0.338 e. The summed E-state index contributed by atoms with van der Waals surface area (Å²) < 4.78 is 4.79. The fraction of sp³-hybridized carbons (Fsp3) is 0.125. The van der Waals surface area contributed by atoms with Gasteiger partial charge in [0, 0.05) is 24.3 Å². The number of nitro benzene ring substituents is 4. The van der Waals surface area contributed by atoms with Crippen molar-refractivity contribution in [3.8, 4) is 0 Å². The first-order valence-corrected chi connectivity index (χ1v) is 8.32. The Morgan fingerprint density at radius 1 is 0.688 bits per heavy atom. The first kappa shape index (κ1) is 23.3. The van der Waals surface area contributed by atoms with E-state index in [0.717, 1.165) is 24.3 Å². The van der Waals surface area contributed by atoms with Crippen LogP contribution in [0.2, 0.25) is 0 Å². The summed E-state index contributed by atoms with van der Waals surface area (Å²) in [5.74, 6) is -2.07. The highest BCUT2D eigenvalue weighted by Gasteiger charge is 2.22. The van der Waals surface area contributed by atoms with E-state index in [2.05, 4.69) is 5.32 Å². The van der Waals surface area contributed by atoms with Crippen LogP contribution in [-0.2, 0) is 4.74 Å². The highest BCUT2D eigenvalue weighted by molar-refractivity contribution is 5.95. The lowest BCUT2D eigenvalue weighted by Gasteiger charge is -2.07. The zero-order chi connectivity index (χ0) is 24.0. The third-order valence-corrected chi connectivity index (χ3v) is 3.77. The number of carbonyl (C=O) groups is 2. The lowest BCUT2D eigenvalue weighted by atomic mass is 10.1. The number of esters is 1. The van der Waals surface area contributed by atoms with Crippen LogP contribution in [0, 0.1) is 40.5 Å². The van der Waals surface area contributed by atoms with Gasteiger partial charge in [0.1, 0.15) is 6.61 Å². The summed E-state index contributed by atoms with van der Waals surface area (Å²) in [4.78, 5) is 63.9. The lowest BCUT2D eigenvalue weighted by Crippen LogP contribution is -2.28. The summed E-state index contributed by atoms with van der Waals surface area (Å²) in [6.07, 6.45) is 0. The molecule has 0 spiro atoms. The standard InChI is InChI=1S/C16H11N5O11/c22-15(9-3-11(18(24)25)7-12(4-9)19(26)27)17-1-2-32-16(23)10-5-13(20(28)29)8-14(6-10)21(30)31/h3-8H,1-2H2,(H,17,22). The molecule has 166 valence electrons. The third-order valence-electron chi connectivity index (χ3n) is 3.77. The van der Waals surface area contributed by atoms with Gasteiger partial charge in [0.15, 0.2) is 0 Å². The van der Waals surface area contributed by atoms with E-state index in [0.29, 0.717) is 12.1 Å². The first-order chi connectivity index (χ1) is 15.0. The van der Waals surface area contributed by atoms with Crippen LogP contribution in [0.5, 0.6) is 0 Å². The van der Waals surface area contributed by atoms with Gasteiger partial charge in [-0.2, -0.15) is 0 Å². The number of hydrogen-bond donors (Lipinski definition) is 1. The minimum Gasteiger partial charge on any atom is -0.460 e. The second-order valence-corrected chi connectivity index (χ2v) is 5.90. The van der Waals surface area contributed by atoms with Crippen molar-refractivity contribution in [1.29, 1.82) is 0 Å².